The van der Waals surface area contributed by atoms with Crippen LogP contribution in [0.1, 0.15) is 29.5 Å². The lowest BCUT2D eigenvalue weighted by Crippen LogP contribution is -2.19. The molecular formula is C24H23Cl2N5O3. The predicted octanol–water partition coefficient (Wildman–Crippen LogP) is 5.15. The highest BCUT2D eigenvalue weighted by Crippen LogP contribution is 2.35. The molecule has 3 N–H and O–H groups in total. The van der Waals surface area contributed by atoms with Crippen LogP contribution in [0.5, 0.6) is 11.6 Å². The van der Waals surface area contributed by atoms with E-state index >= 15 is 0 Å². The van der Waals surface area contributed by atoms with E-state index in [-0.39, 0.29) is 6.10 Å². The van der Waals surface area contributed by atoms with Gasteiger partial charge in [0.1, 0.15) is 17.5 Å². The van der Waals surface area contributed by atoms with Crippen molar-refractivity contribution in [3.05, 3.63) is 63.5 Å². The molecule has 5 rings (SSSR count). The Kier molecular flexibility index (Phi) is 6.31. The first kappa shape index (κ1) is 22.9. The quantitative estimate of drug-likeness (QED) is 0.353. The van der Waals surface area contributed by atoms with Gasteiger partial charge in [-0.15, -0.1) is 0 Å². The second-order valence-electron chi connectivity index (χ2n) is 8.19. The molecule has 8 nitrogen and oxygen atoms in total. The Bertz CT molecular complexity index is 1350. The molecule has 3 aromatic heterocycles. The van der Waals surface area contributed by atoms with E-state index in [1.807, 2.05) is 31.2 Å². The topological polar surface area (TPSA) is 108 Å². The van der Waals surface area contributed by atoms with Crippen molar-refractivity contribution in [1.82, 2.24) is 20.2 Å². The summed E-state index contributed by atoms with van der Waals surface area (Å²) >= 11 is 12.7. The lowest BCUT2D eigenvalue weighted by Gasteiger charge is -2.18. The van der Waals surface area contributed by atoms with E-state index in [9.17, 15) is 0 Å². The van der Waals surface area contributed by atoms with Gasteiger partial charge in [0.2, 0.25) is 5.88 Å². The molecule has 0 amide bonds. The molecule has 0 saturated carbocycles. The molecule has 2 atom stereocenters. The molecule has 34 heavy (non-hydrogen) atoms. The SMILES string of the molecule is Cc1cc(-c2n[nH]c3ccc(O[C@H](N)c4c(Cl)cnc(C)c4Cl)cc23)cnc1O[C@H]1CCOC1. The average molecular weight is 500 g/mol. The number of benzene rings is 1. The molecule has 1 fully saturated rings. The van der Waals surface area contributed by atoms with Crippen molar-refractivity contribution >= 4 is 34.1 Å². The number of rotatable bonds is 6. The van der Waals surface area contributed by atoms with Gasteiger partial charge in [-0.05, 0) is 38.1 Å². The Morgan fingerprint density at radius 2 is 2.03 bits per heavy atom. The maximum atomic E-state index is 6.38. The minimum atomic E-state index is -0.866. The second-order valence-corrected chi connectivity index (χ2v) is 8.97. The van der Waals surface area contributed by atoms with Crippen LogP contribution in [0.15, 0.2) is 36.7 Å². The number of nitrogens with two attached hydrogens (primary N) is 1. The monoisotopic (exact) mass is 499 g/mol. The highest BCUT2D eigenvalue weighted by molar-refractivity contribution is 6.36. The van der Waals surface area contributed by atoms with Crippen molar-refractivity contribution in [1.29, 1.82) is 0 Å². The zero-order valence-corrected chi connectivity index (χ0v) is 20.2. The van der Waals surface area contributed by atoms with Gasteiger partial charge in [0.15, 0.2) is 6.23 Å². The molecule has 1 saturated heterocycles. The second kappa shape index (κ2) is 9.38. The number of nitrogens with zero attached hydrogens (tertiary/aromatic N) is 3. The summed E-state index contributed by atoms with van der Waals surface area (Å²) in [5.41, 5.74) is 10.8. The van der Waals surface area contributed by atoms with Gasteiger partial charge in [0, 0.05) is 40.9 Å². The molecule has 4 heterocycles. The van der Waals surface area contributed by atoms with Crippen LogP contribution in [-0.2, 0) is 4.74 Å². The maximum absolute atomic E-state index is 6.38. The molecule has 0 spiro atoms. The summed E-state index contributed by atoms with van der Waals surface area (Å²) in [6.45, 7) is 5.06. The molecule has 4 aromatic rings. The van der Waals surface area contributed by atoms with Crippen LogP contribution in [0.4, 0.5) is 0 Å². The third-order valence-corrected chi connectivity index (χ3v) is 6.51. The maximum Gasteiger partial charge on any atom is 0.216 e. The predicted molar refractivity (Wildman–Crippen MR) is 130 cm³/mol. The van der Waals surface area contributed by atoms with Gasteiger partial charge in [-0.3, -0.25) is 15.8 Å². The average Bonchev–Trinajstić information content (AvgIpc) is 3.48. The van der Waals surface area contributed by atoms with Gasteiger partial charge in [0.25, 0.3) is 0 Å². The molecule has 1 aromatic carbocycles. The normalized spacial score (nSPS) is 16.7. The summed E-state index contributed by atoms with van der Waals surface area (Å²) in [6, 6.07) is 7.57. The molecule has 0 aliphatic carbocycles. The summed E-state index contributed by atoms with van der Waals surface area (Å²) in [5, 5.41) is 9.15. The van der Waals surface area contributed by atoms with Gasteiger partial charge in [-0.1, -0.05) is 23.2 Å². The number of aromatic amines is 1. The molecule has 0 unspecified atom stereocenters. The van der Waals surface area contributed by atoms with Gasteiger partial charge in [-0.25, -0.2) is 4.98 Å². The fraction of sp³-hybridized carbons (Fsp3) is 0.292. The highest BCUT2D eigenvalue weighted by Gasteiger charge is 2.21. The zero-order valence-electron chi connectivity index (χ0n) is 18.6. The van der Waals surface area contributed by atoms with Crippen molar-refractivity contribution in [2.45, 2.75) is 32.6 Å². The van der Waals surface area contributed by atoms with Crippen LogP contribution in [0.2, 0.25) is 10.0 Å². The van der Waals surface area contributed by atoms with Crippen molar-refractivity contribution in [2.24, 2.45) is 5.73 Å². The minimum Gasteiger partial charge on any atom is -0.472 e. The summed E-state index contributed by atoms with van der Waals surface area (Å²) in [5.74, 6) is 1.16. The van der Waals surface area contributed by atoms with Crippen molar-refractivity contribution in [3.8, 4) is 22.9 Å². The number of hydrogen-bond acceptors (Lipinski definition) is 7. The molecule has 10 heteroatoms. The zero-order chi connectivity index (χ0) is 23.8. The number of aromatic nitrogens is 4. The van der Waals surface area contributed by atoms with Crippen LogP contribution in [0, 0.1) is 13.8 Å². The molecule has 1 aliphatic heterocycles. The van der Waals surface area contributed by atoms with Crippen LogP contribution in [0.25, 0.3) is 22.2 Å². The number of ether oxygens (including phenoxy) is 3. The number of fused-ring (bicyclic) bond motifs is 1. The van der Waals surface area contributed by atoms with E-state index in [1.165, 1.54) is 6.20 Å². The van der Waals surface area contributed by atoms with Gasteiger partial charge >= 0.3 is 0 Å². The van der Waals surface area contributed by atoms with Crippen molar-refractivity contribution < 1.29 is 14.2 Å². The first-order valence-corrected chi connectivity index (χ1v) is 11.6. The summed E-state index contributed by atoms with van der Waals surface area (Å²) < 4.78 is 17.3. The van der Waals surface area contributed by atoms with Crippen molar-refractivity contribution in [3.63, 3.8) is 0 Å². The van der Waals surface area contributed by atoms with Crippen molar-refractivity contribution in [2.75, 3.05) is 13.2 Å². The van der Waals surface area contributed by atoms with E-state index in [2.05, 4.69) is 20.2 Å². The minimum absolute atomic E-state index is 0.0402. The van der Waals surface area contributed by atoms with Crippen LogP contribution >= 0.6 is 23.2 Å². The number of H-pyrrole nitrogens is 1. The summed E-state index contributed by atoms with van der Waals surface area (Å²) in [4.78, 5) is 8.67. The number of pyridine rings is 2. The Morgan fingerprint density at radius 3 is 2.79 bits per heavy atom. The third kappa shape index (κ3) is 4.42. The van der Waals surface area contributed by atoms with E-state index < -0.39 is 6.23 Å². The molecule has 176 valence electrons. The first-order valence-electron chi connectivity index (χ1n) is 10.8. The van der Waals surface area contributed by atoms with Gasteiger partial charge in [-0.2, -0.15) is 5.10 Å². The largest absolute Gasteiger partial charge is 0.472 e. The summed E-state index contributed by atoms with van der Waals surface area (Å²) in [7, 11) is 0. The van der Waals surface area contributed by atoms with Gasteiger partial charge in [0.05, 0.1) is 34.5 Å². The smallest absolute Gasteiger partial charge is 0.216 e. The van der Waals surface area contributed by atoms with E-state index in [0.29, 0.717) is 46.1 Å². The van der Waals surface area contributed by atoms with Gasteiger partial charge < -0.3 is 14.2 Å². The summed E-state index contributed by atoms with van der Waals surface area (Å²) in [6.07, 6.45) is 3.31. The third-order valence-electron chi connectivity index (χ3n) is 5.73. The Labute approximate surface area is 206 Å². The lowest BCUT2D eigenvalue weighted by atomic mass is 10.1. The lowest BCUT2D eigenvalue weighted by molar-refractivity contribution is 0.137. The first-order chi connectivity index (χ1) is 16.4. The number of aryl methyl sites for hydroxylation is 2. The van der Waals surface area contributed by atoms with E-state index in [4.69, 9.17) is 43.1 Å². The fourth-order valence-corrected chi connectivity index (χ4v) is 4.47. The van der Waals surface area contributed by atoms with E-state index in [1.54, 1.807) is 13.1 Å². The molecular weight excluding hydrogens is 477 g/mol. The van der Waals surface area contributed by atoms with Crippen LogP contribution in [-0.4, -0.2) is 39.5 Å². The standard InChI is InChI=1S/C24H23Cl2N5O3/c1-12-7-14(9-29-24(12)34-16-5-6-32-11-16)22-17-8-15(3-4-19(17)30-31-22)33-23(27)20-18(25)10-28-13(2)21(20)26/h3-4,7-10,16,23H,5-6,11,27H2,1-2H3,(H,30,31)/t16-,23-/m0/s1. The highest BCUT2D eigenvalue weighted by atomic mass is 35.5. The fourth-order valence-electron chi connectivity index (χ4n) is 3.91. The number of hydrogen-bond donors (Lipinski definition) is 2. The number of halogens is 2. The van der Waals surface area contributed by atoms with Crippen LogP contribution in [0.3, 0.4) is 0 Å². The van der Waals surface area contributed by atoms with E-state index in [0.717, 1.165) is 34.1 Å². The molecule has 0 bridgehead atoms. The van der Waals surface area contributed by atoms with Crippen LogP contribution < -0.4 is 15.2 Å². The Morgan fingerprint density at radius 1 is 1.18 bits per heavy atom. The number of nitrogens with one attached hydrogen (secondary N) is 1. The molecule has 1 aliphatic rings. The Hall–Kier alpha value is -2.91. The molecule has 0 radical (unpaired) electrons. The Balaban J connectivity index is 1.42.